The molecule has 1 aliphatic heterocycles. The molecule has 0 amide bonds. The van der Waals surface area contributed by atoms with Crippen LogP contribution in [0.2, 0.25) is 0 Å². The van der Waals surface area contributed by atoms with Gasteiger partial charge in [-0.05, 0) is 26.8 Å². The summed E-state index contributed by atoms with van der Waals surface area (Å²) >= 11 is 0. The molecule has 0 aliphatic carbocycles. The van der Waals surface area contributed by atoms with Gasteiger partial charge in [-0.2, -0.15) is 15.1 Å². The Hall–Kier alpha value is -2.65. The summed E-state index contributed by atoms with van der Waals surface area (Å²) in [6.45, 7) is 11.1. The van der Waals surface area contributed by atoms with Crippen molar-refractivity contribution in [2.45, 2.75) is 33.4 Å². The van der Waals surface area contributed by atoms with Crippen LogP contribution in [0.1, 0.15) is 19.5 Å². The quantitative estimate of drug-likeness (QED) is 0.645. The van der Waals surface area contributed by atoms with Crippen LogP contribution in [-0.2, 0) is 11.3 Å². The molecule has 2 N–H and O–H groups in total. The lowest BCUT2D eigenvalue weighted by Gasteiger charge is -2.33. The highest BCUT2D eigenvalue weighted by molar-refractivity contribution is 5.82. The zero-order chi connectivity index (χ0) is 19.5. The molecule has 1 fully saturated rings. The first-order valence-corrected chi connectivity index (χ1v) is 9.75. The largest absolute Gasteiger partial charge is 0.477 e. The fraction of sp³-hybridized carbons (Fsp3) is 0.526. The lowest BCUT2D eigenvalue weighted by molar-refractivity contribution is -0.00209. The number of aromatic amines is 1. The molecule has 4 rings (SSSR count). The van der Waals surface area contributed by atoms with E-state index in [4.69, 9.17) is 9.47 Å². The molecule has 1 atom stereocenters. The lowest BCUT2D eigenvalue weighted by atomic mass is 10.2. The molecule has 0 saturated carbocycles. The minimum Gasteiger partial charge on any atom is -0.477 e. The zero-order valence-corrected chi connectivity index (χ0v) is 16.6. The molecule has 28 heavy (non-hydrogen) atoms. The number of morpholine rings is 1. The molecule has 0 spiro atoms. The highest BCUT2D eigenvalue weighted by atomic mass is 16.5. The molecular formula is C19H27N7O2. The Morgan fingerprint density at radius 3 is 3.07 bits per heavy atom. The predicted molar refractivity (Wildman–Crippen MR) is 107 cm³/mol. The minimum absolute atomic E-state index is 0.445. The van der Waals surface area contributed by atoms with Crippen molar-refractivity contribution in [2.75, 3.05) is 38.2 Å². The topological polar surface area (TPSA) is 93.1 Å². The van der Waals surface area contributed by atoms with Gasteiger partial charge in [0.05, 0.1) is 49.3 Å². The Morgan fingerprint density at radius 1 is 1.36 bits per heavy atom. The predicted octanol–water partition coefficient (Wildman–Crippen LogP) is 2.33. The molecule has 9 heteroatoms. The van der Waals surface area contributed by atoms with Crippen LogP contribution < -0.4 is 10.1 Å². The molecule has 1 aliphatic rings. The molecule has 3 aromatic rings. The van der Waals surface area contributed by atoms with Gasteiger partial charge in [0, 0.05) is 25.3 Å². The van der Waals surface area contributed by atoms with E-state index in [1.54, 1.807) is 0 Å². The van der Waals surface area contributed by atoms with E-state index < -0.39 is 0 Å². The van der Waals surface area contributed by atoms with Gasteiger partial charge in [-0.1, -0.05) is 0 Å². The number of fused-ring (bicyclic) bond motifs is 1. The van der Waals surface area contributed by atoms with Gasteiger partial charge in [-0.25, -0.2) is 0 Å². The summed E-state index contributed by atoms with van der Waals surface area (Å²) in [5.74, 6) is 1.06. The number of nitrogens with zero attached hydrogens (tertiary/aromatic N) is 5. The number of hydrogen-bond donors (Lipinski definition) is 2. The summed E-state index contributed by atoms with van der Waals surface area (Å²) in [6, 6.07) is 2.36. The third kappa shape index (κ3) is 3.81. The van der Waals surface area contributed by atoms with Crippen LogP contribution in [0.4, 0.5) is 11.6 Å². The van der Waals surface area contributed by atoms with E-state index in [0.29, 0.717) is 24.5 Å². The molecule has 3 aromatic heterocycles. The van der Waals surface area contributed by atoms with Crippen molar-refractivity contribution in [1.82, 2.24) is 29.6 Å². The number of anilines is 2. The Labute approximate surface area is 164 Å². The summed E-state index contributed by atoms with van der Waals surface area (Å²) in [4.78, 5) is 14.6. The SMILES string of the molecule is CCOc1nc(Nc2cnn(CCN3CCOC[C@H]3C)c2C)nc2[nH]ccc12. The summed E-state index contributed by atoms with van der Waals surface area (Å²) in [7, 11) is 0. The Kier molecular flexibility index (Phi) is 5.45. The van der Waals surface area contributed by atoms with Crippen molar-refractivity contribution >= 4 is 22.7 Å². The number of aromatic nitrogens is 5. The maximum Gasteiger partial charge on any atom is 0.232 e. The Bertz CT molecular complexity index is 936. The van der Waals surface area contributed by atoms with Crippen molar-refractivity contribution in [2.24, 2.45) is 0 Å². The number of rotatable bonds is 7. The molecule has 0 aromatic carbocycles. The van der Waals surface area contributed by atoms with Gasteiger partial charge in [-0.15, -0.1) is 0 Å². The third-order valence-corrected chi connectivity index (χ3v) is 5.12. The van der Waals surface area contributed by atoms with Crippen molar-refractivity contribution in [3.05, 3.63) is 24.2 Å². The van der Waals surface area contributed by atoms with Crippen molar-refractivity contribution in [3.63, 3.8) is 0 Å². The molecular weight excluding hydrogens is 358 g/mol. The first-order chi connectivity index (χ1) is 13.7. The van der Waals surface area contributed by atoms with E-state index >= 15 is 0 Å². The Morgan fingerprint density at radius 2 is 2.25 bits per heavy atom. The van der Waals surface area contributed by atoms with E-state index in [2.05, 4.69) is 44.1 Å². The number of nitrogens with one attached hydrogen (secondary N) is 2. The fourth-order valence-corrected chi connectivity index (χ4v) is 3.45. The molecule has 9 nitrogen and oxygen atoms in total. The van der Waals surface area contributed by atoms with Crippen LogP contribution in [0.25, 0.3) is 11.0 Å². The minimum atomic E-state index is 0.445. The van der Waals surface area contributed by atoms with E-state index in [0.717, 1.165) is 55.3 Å². The first kappa shape index (κ1) is 18.7. The van der Waals surface area contributed by atoms with Gasteiger partial charge in [0.25, 0.3) is 0 Å². The average Bonchev–Trinajstić information content (AvgIpc) is 3.29. The highest BCUT2D eigenvalue weighted by Gasteiger charge is 2.19. The van der Waals surface area contributed by atoms with Crippen molar-refractivity contribution in [3.8, 4) is 5.88 Å². The maximum atomic E-state index is 5.66. The summed E-state index contributed by atoms with van der Waals surface area (Å²) in [5, 5.41) is 8.69. The summed E-state index contributed by atoms with van der Waals surface area (Å²) in [5.41, 5.74) is 2.68. The first-order valence-electron chi connectivity index (χ1n) is 9.75. The second-order valence-corrected chi connectivity index (χ2v) is 6.98. The van der Waals surface area contributed by atoms with Crippen LogP contribution in [0.3, 0.4) is 0 Å². The number of ether oxygens (including phenoxy) is 2. The van der Waals surface area contributed by atoms with Gasteiger partial charge in [0.1, 0.15) is 5.65 Å². The standard InChI is InChI=1S/C19H27N7O2/c1-4-28-18-15-5-6-20-17(15)23-19(24-18)22-16-11-21-26(14(16)3)8-7-25-9-10-27-12-13(25)2/h5-6,11,13H,4,7-10,12H2,1-3H3,(H2,20,22,23,24)/t13-/m1/s1. The van der Waals surface area contributed by atoms with E-state index in [1.807, 2.05) is 30.1 Å². The van der Waals surface area contributed by atoms with Crippen LogP contribution in [0.5, 0.6) is 5.88 Å². The van der Waals surface area contributed by atoms with Gasteiger partial charge in [0.15, 0.2) is 0 Å². The second-order valence-electron chi connectivity index (χ2n) is 6.98. The Balaban J connectivity index is 1.48. The zero-order valence-electron chi connectivity index (χ0n) is 16.6. The monoisotopic (exact) mass is 385 g/mol. The van der Waals surface area contributed by atoms with E-state index in [9.17, 15) is 0 Å². The molecule has 0 bridgehead atoms. The van der Waals surface area contributed by atoms with Gasteiger partial charge in [-0.3, -0.25) is 9.58 Å². The van der Waals surface area contributed by atoms with Crippen molar-refractivity contribution < 1.29 is 9.47 Å². The van der Waals surface area contributed by atoms with Gasteiger partial charge < -0.3 is 19.8 Å². The van der Waals surface area contributed by atoms with Crippen LogP contribution in [-0.4, -0.2) is 68.6 Å². The molecule has 1 saturated heterocycles. The van der Waals surface area contributed by atoms with E-state index in [1.165, 1.54) is 0 Å². The van der Waals surface area contributed by atoms with Crippen LogP contribution >= 0.6 is 0 Å². The van der Waals surface area contributed by atoms with Crippen LogP contribution in [0.15, 0.2) is 18.5 Å². The molecule has 150 valence electrons. The highest BCUT2D eigenvalue weighted by Crippen LogP contribution is 2.25. The second kappa shape index (κ2) is 8.15. The molecule has 4 heterocycles. The van der Waals surface area contributed by atoms with Gasteiger partial charge >= 0.3 is 0 Å². The summed E-state index contributed by atoms with van der Waals surface area (Å²) in [6.07, 6.45) is 3.66. The third-order valence-electron chi connectivity index (χ3n) is 5.12. The number of hydrogen-bond acceptors (Lipinski definition) is 7. The van der Waals surface area contributed by atoms with Crippen molar-refractivity contribution in [1.29, 1.82) is 0 Å². The maximum absolute atomic E-state index is 5.66. The molecule has 0 unspecified atom stereocenters. The van der Waals surface area contributed by atoms with E-state index in [-0.39, 0.29) is 0 Å². The van der Waals surface area contributed by atoms with Gasteiger partial charge in [0.2, 0.25) is 11.8 Å². The smallest absolute Gasteiger partial charge is 0.232 e. The average molecular weight is 385 g/mol. The normalized spacial score (nSPS) is 17.9. The number of H-pyrrole nitrogens is 1. The fourth-order valence-electron chi connectivity index (χ4n) is 3.45. The lowest BCUT2D eigenvalue weighted by Crippen LogP contribution is -2.45. The summed E-state index contributed by atoms with van der Waals surface area (Å²) < 4.78 is 13.2. The molecule has 0 radical (unpaired) electrons. The van der Waals surface area contributed by atoms with Crippen LogP contribution in [0, 0.1) is 6.92 Å².